The highest BCUT2D eigenvalue weighted by Gasteiger charge is 1.96. The summed E-state index contributed by atoms with van der Waals surface area (Å²) >= 11 is 1.36. The average molecular weight is 195 g/mol. The Hall–Kier alpha value is -1.43. The number of anilines is 1. The second kappa shape index (κ2) is 3.99. The summed E-state index contributed by atoms with van der Waals surface area (Å²) in [5, 5.41) is 4.02. The van der Waals surface area contributed by atoms with Crippen LogP contribution in [0.2, 0.25) is 0 Å². The molecule has 0 radical (unpaired) electrons. The van der Waals surface area contributed by atoms with Crippen molar-refractivity contribution >= 4 is 16.7 Å². The molecule has 2 rings (SSSR count). The predicted molar refractivity (Wildman–Crippen MR) is 50.7 cm³/mol. The van der Waals surface area contributed by atoms with Gasteiger partial charge in [-0.05, 0) is 0 Å². The van der Waals surface area contributed by atoms with Gasteiger partial charge in [-0.15, -0.1) is 0 Å². The molecule has 0 bridgehead atoms. The standard InChI is InChI=1S/C7H9N5S/c1(6-3-8-4-10-6)2-9-7-11-5-12-13-7/h3-5H,1-2H2,(H,8,10)(H,9,11,12). The van der Waals surface area contributed by atoms with E-state index in [0.29, 0.717) is 0 Å². The third-order valence-electron chi connectivity index (χ3n) is 1.59. The van der Waals surface area contributed by atoms with Crippen LogP contribution in [0.1, 0.15) is 5.69 Å². The summed E-state index contributed by atoms with van der Waals surface area (Å²) in [5.41, 5.74) is 1.12. The van der Waals surface area contributed by atoms with Crippen molar-refractivity contribution in [3.05, 3.63) is 24.5 Å². The van der Waals surface area contributed by atoms with Crippen LogP contribution in [0.25, 0.3) is 0 Å². The number of nitrogens with one attached hydrogen (secondary N) is 2. The Kier molecular flexibility index (Phi) is 2.51. The lowest BCUT2D eigenvalue weighted by Crippen LogP contribution is -2.04. The van der Waals surface area contributed by atoms with Gasteiger partial charge >= 0.3 is 0 Å². The summed E-state index contributed by atoms with van der Waals surface area (Å²) in [6.45, 7) is 0.845. The Balaban J connectivity index is 1.76. The first-order chi connectivity index (χ1) is 6.45. The molecule has 0 aliphatic heterocycles. The van der Waals surface area contributed by atoms with Crippen LogP contribution in [0.4, 0.5) is 5.13 Å². The molecule has 13 heavy (non-hydrogen) atoms. The summed E-state index contributed by atoms with van der Waals surface area (Å²) in [7, 11) is 0. The van der Waals surface area contributed by atoms with Crippen molar-refractivity contribution in [3.8, 4) is 0 Å². The molecule has 0 spiro atoms. The highest BCUT2D eigenvalue weighted by atomic mass is 32.1. The summed E-state index contributed by atoms with van der Waals surface area (Å²) in [5.74, 6) is 0. The van der Waals surface area contributed by atoms with E-state index in [4.69, 9.17) is 0 Å². The maximum Gasteiger partial charge on any atom is 0.202 e. The van der Waals surface area contributed by atoms with Gasteiger partial charge in [-0.25, -0.2) is 9.97 Å². The van der Waals surface area contributed by atoms with E-state index in [1.807, 2.05) is 6.20 Å². The molecule has 2 aromatic rings. The van der Waals surface area contributed by atoms with Crippen LogP contribution >= 0.6 is 11.5 Å². The zero-order valence-corrected chi connectivity index (χ0v) is 7.71. The quantitative estimate of drug-likeness (QED) is 0.761. The fourth-order valence-corrected chi connectivity index (χ4v) is 1.43. The minimum absolute atomic E-state index is 0.845. The van der Waals surface area contributed by atoms with Gasteiger partial charge in [0.1, 0.15) is 6.33 Å². The zero-order chi connectivity index (χ0) is 8.93. The van der Waals surface area contributed by atoms with E-state index in [1.54, 1.807) is 12.7 Å². The van der Waals surface area contributed by atoms with Crippen LogP contribution in [0, 0.1) is 0 Å². The first-order valence-corrected chi connectivity index (χ1v) is 4.70. The minimum atomic E-state index is 0.845. The third kappa shape index (κ3) is 2.25. The van der Waals surface area contributed by atoms with Crippen molar-refractivity contribution in [1.82, 2.24) is 19.3 Å². The Morgan fingerprint density at radius 3 is 3.23 bits per heavy atom. The Morgan fingerprint density at radius 2 is 2.54 bits per heavy atom. The average Bonchev–Trinajstić information content (AvgIpc) is 2.75. The van der Waals surface area contributed by atoms with Gasteiger partial charge in [0.15, 0.2) is 0 Å². The van der Waals surface area contributed by atoms with Crippen molar-refractivity contribution in [2.24, 2.45) is 0 Å². The SMILES string of the molecule is c1nsc(NCCc2cnc[nH]2)n1. The van der Waals surface area contributed by atoms with Crippen LogP contribution < -0.4 is 5.32 Å². The molecule has 68 valence electrons. The van der Waals surface area contributed by atoms with Crippen LogP contribution in [-0.4, -0.2) is 25.9 Å². The van der Waals surface area contributed by atoms with Gasteiger partial charge in [0.05, 0.1) is 6.33 Å². The maximum atomic E-state index is 4.01. The second-order valence-corrected chi connectivity index (χ2v) is 3.28. The molecule has 0 aliphatic rings. The van der Waals surface area contributed by atoms with Crippen molar-refractivity contribution in [3.63, 3.8) is 0 Å². The molecule has 0 amide bonds. The van der Waals surface area contributed by atoms with Crippen molar-refractivity contribution in [2.75, 3.05) is 11.9 Å². The Bertz CT molecular complexity index is 293. The third-order valence-corrected chi connectivity index (χ3v) is 2.21. The van der Waals surface area contributed by atoms with Gasteiger partial charge in [0, 0.05) is 36.4 Å². The van der Waals surface area contributed by atoms with Crippen molar-refractivity contribution in [1.29, 1.82) is 0 Å². The normalized spacial score (nSPS) is 10.2. The first kappa shape index (κ1) is 8.18. The van der Waals surface area contributed by atoms with Crippen LogP contribution in [-0.2, 0) is 6.42 Å². The number of aromatic nitrogens is 4. The molecule has 0 saturated carbocycles. The van der Waals surface area contributed by atoms with Crippen LogP contribution in [0.3, 0.4) is 0 Å². The lowest BCUT2D eigenvalue weighted by Gasteiger charge is -1.98. The topological polar surface area (TPSA) is 66.5 Å². The van der Waals surface area contributed by atoms with Gasteiger partial charge in [0.2, 0.25) is 5.13 Å². The van der Waals surface area contributed by atoms with Crippen molar-refractivity contribution in [2.45, 2.75) is 6.42 Å². The molecule has 2 heterocycles. The molecule has 6 heteroatoms. The van der Waals surface area contributed by atoms with E-state index in [1.165, 1.54) is 11.5 Å². The number of hydrogen-bond donors (Lipinski definition) is 2. The van der Waals surface area contributed by atoms with E-state index in [9.17, 15) is 0 Å². The summed E-state index contributed by atoms with van der Waals surface area (Å²) in [6.07, 6.45) is 5.96. The second-order valence-electron chi connectivity index (χ2n) is 2.50. The fourth-order valence-electron chi connectivity index (χ4n) is 0.976. The van der Waals surface area contributed by atoms with E-state index >= 15 is 0 Å². The van der Waals surface area contributed by atoms with Gasteiger partial charge in [-0.1, -0.05) is 0 Å². The number of rotatable bonds is 4. The van der Waals surface area contributed by atoms with E-state index < -0.39 is 0 Å². The highest BCUT2D eigenvalue weighted by molar-refractivity contribution is 7.09. The molecule has 0 unspecified atom stereocenters. The fraction of sp³-hybridized carbons (Fsp3) is 0.286. The lowest BCUT2D eigenvalue weighted by molar-refractivity contribution is 0.974. The molecule has 0 aliphatic carbocycles. The first-order valence-electron chi connectivity index (χ1n) is 3.93. The number of H-pyrrole nitrogens is 1. The van der Waals surface area contributed by atoms with Gasteiger partial charge in [-0.2, -0.15) is 4.37 Å². The lowest BCUT2D eigenvalue weighted by atomic mass is 10.3. The number of aromatic amines is 1. The highest BCUT2D eigenvalue weighted by Crippen LogP contribution is 2.06. The smallest absolute Gasteiger partial charge is 0.202 e. The summed E-state index contributed by atoms with van der Waals surface area (Å²) < 4.78 is 3.89. The predicted octanol–water partition coefficient (Wildman–Crippen LogP) is 0.916. The molecule has 5 nitrogen and oxygen atoms in total. The molecule has 0 fully saturated rings. The van der Waals surface area contributed by atoms with E-state index in [2.05, 4.69) is 24.6 Å². The molecule has 2 N–H and O–H groups in total. The summed E-state index contributed by atoms with van der Waals surface area (Å²) in [4.78, 5) is 11.0. The Morgan fingerprint density at radius 1 is 1.54 bits per heavy atom. The van der Waals surface area contributed by atoms with E-state index in [-0.39, 0.29) is 0 Å². The molecular formula is C7H9N5S. The molecular weight excluding hydrogens is 186 g/mol. The number of imidazole rings is 1. The Labute approximate surface area is 79.4 Å². The summed E-state index contributed by atoms with van der Waals surface area (Å²) in [6, 6.07) is 0. The molecule has 0 atom stereocenters. The molecule has 0 aromatic carbocycles. The maximum absolute atomic E-state index is 4.01. The monoisotopic (exact) mass is 195 g/mol. The largest absolute Gasteiger partial charge is 0.360 e. The van der Waals surface area contributed by atoms with Gasteiger partial charge in [-0.3, -0.25) is 0 Å². The number of nitrogens with zero attached hydrogens (tertiary/aromatic N) is 3. The van der Waals surface area contributed by atoms with Gasteiger partial charge in [0.25, 0.3) is 0 Å². The molecule has 2 aromatic heterocycles. The van der Waals surface area contributed by atoms with E-state index in [0.717, 1.165) is 23.8 Å². The van der Waals surface area contributed by atoms with Crippen LogP contribution in [0.5, 0.6) is 0 Å². The molecule has 0 saturated heterocycles. The minimum Gasteiger partial charge on any atom is -0.360 e. The number of hydrogen-bond acceptors (Lipinski definition) is 5. The van der Waals surface area contributed by atoms with Gasteiger partial charge < -0.3 is 10.3 Å². The zero-order valence-electron chi connectivity index (χ0n) is 6.90. The van der Waals surface area contributed by atoms with Crippen LogP contribution in [0.15, 0.2) is 18.9 Å². The van der Waals surface area contributed by atoms with Crippen molar-refractivity contribution < 1.29 is 0 Å².